The number of nitrogens with two attached hydrogens (primary N) is 1. The van der Waals surface area contributed by atoms with Crippen molar-refractivity contribution in [1.82, 2.24) is 0 Å². The molecule has 2 N–H and O–H groups in total. The number of nitrogens with zero attached hydrogens (tertiary/aromatic N) is 1. The fraction of sp³-hybridized carbons (Fsp3) is 0.889. The Balaban J connectivity index is 1.91. The van der Waals surface area contributed by atoms with E-state index in [0.717, 1.165) is 25.2 Å². The van der Waals surface area contributed by atoms with Crippen LogP contribution in [0.4, 0.5) is 0 Å². The van der Waals surface area contributed by atoms with Gasteiger partial charge in [-0.05, 0) is 25.2 Å². The maximum absolute atomic E-state index is 8.93. The van der Waals surface area contributed by atoms with Crippen LogP contribution in [0.3, 0.4) is 0 Å². The zero-order valence-corrected chi connectivity index (χ0v) is 6.71. The molecule has 2 rings (SSSR count). The van der Waals surface area contributed by atoms with E-state index in [2.05, 4.69) is 6.07 Å². The first-order valence-corrected chi connectivity index (χ1v) is 4.41. The van der Waals surface area contributed by atoms with Gasteiger partial charge >= 0.3 is 0 Å². The molecule has 2 aliphatic rings. The largest absolute Gasteiger partial charge is 0.328 e. The Labute approximate surface area is 67.4 Å². The maximum atomic E-state index is 8.93. The molecule has 0 amide bonds. The van der Waals surface area contributed by atoms with Crippen molar-refractivity contribution in [2.45, 2.75) is 38.1 Å². The summed E-state index contributed by atoms with van der Waals surface area (Å²) in [6.45, 7) is 0. The molecule has 2 heteroatoms. The van der Waals surface area contributed by atoms with Gasteiger partial charge in [0.2, 0.25) is 0 Å². The second-order valence-electron chi connectivity index (χ2n) is 4.21. The minimum Gasteiger partial charge on any atom is -0.328 e. The molecule has 0 saturated heterocycles. The lowest BCUT2D eigenvalue weighted by molar-refractivity contribution is 0.154. The normalized spacial score (nSPS) is 42.7. The number of rotatable bonds is 2. The predicted octanol–water partition coefficient (Wildman–Crippen LogP) is 1.42. The van der Waals surface area contributed by atoms with Gasteiger partial charge in [-0.2, -0.15) is 5.26 Å². The zero-order valence-electron chi connectivity index (χ0n) is 6.71. The lowest BCUT2D eigenvalue weighted by Gasteiger charge is -2.40. The van der Waals surface area contributed by atoms with Gasteiger partial charge in [0.1, 0.15) is 0 Å². The molecular formula is C9H14N2. The standard InChI is InChI=1S/C9H14N2/c10-6-9(3-7-1-2-7)4-8(11)5-9/h7-8H,1-5,11H2. The molecule has 11 heavy (non-hydrogen) atoms. The zero-order chi connectivity index (χ0) is 7.90. The Morgan fingerprint density at radius 2 is 2.09 bits per heavy atom. The highest BCUT2D eigenvalue weighted by Gasteiger charge is 2.46. The molecule has 0 spiro atoms. The fourth-order valence-corrected chi connectivity index (χ4v) is 2.12. The summed E-state index contributed by atoms with van der Waals surface area (Å²) in [6.07, 6.45) is 5.70. The van der Waals surface area contributed by atoms with Crippen molar-refractivity contribution in [2.24, 2.45) is 17.1 Å². The minimum atomic E-state index is 0.000579. The summed E-state index contributed by atoms with van der Waals surface area (Å²) < 4.78 is 0. The highest BCUT2D eigenvalue weighted by atomic mass is 14.7. The molecule has 2 aliphatic carbocycles. The van der Waals surface area contributed by atoms with Crippen molar-refractivity contribution in [3.63, 3.8) is 0 Å². The van der Waals surface area contributed by atoms with E-state index < -0.39 is 0 Å². The van der Waals surface area contributed by atoms with Crippen molar-refractivity contribution in [1.29, 1.82) is 5.26 Å². The van der Waals surface area contributed by atoms with Crippen LogP contribution in [0, 0.1) is 22.7 Å². The van der Waals surface area contributed by atoms with Crippen molar-refractivity contribution in [3.8, 4) is 6.07 Å². The van der Waals surface area contributed by atoms with Crippen LogP contribution in [0.1, 0.15) is 32.1 Å². The summed E-state index contributed by atoms with van der Waals surface area (Å²) in [5.41, 5.74) is 5.68. The average Bonchev–Trinajstić information content (AvgIpc) is 2.67. The van der Waals surface area contributed by atoms with Crippen LogP contribution in [0.2, 0.25) is 0 Å². The Morgan fingerprint density at radius 1 is 1.45 bits per heavy atom. The highest BCUT2D eigenvalue weighted by molar-refractivity contribution is 5.11. The summed E-state index contributed by atoms with van der Waals surface area (Å²) >= 11 is 0. The van der Waals surface area contributed by atoms with E-state index >= 15 is 0 Å². The van der Waals surface area contributed by atoms with Crippen molar-refractivity contribution >= 4 is 0 Å². The molecule has 0 unspecified atom stereocenters. The minimum absolute atomic E-state index is 0.000579. The topological polar surface area (TPSA) is 49.8 Å². The van der Waals surface area contributed by atoms with E-state index in [0.29, 0.717) is 6.04 Å². The fourth-order valence-electron chi connectivity index (χ4n) is 2.12. The van der Waals surface area contributed by atoms with Gasteiger partial charge in [0, 0.05) is 6.04 Å². The molecule has 0 bridgehead atoms. The van der Waals surface area contributed by atoms with Crippen LogP contribution in [-0.2, 0) is 0 Å². The van der Waals surface area contributed by atoms with Crippen LogP contribution >= 0.6 is 0 Å². The van der Waals surface area contributed by atoms with Crippen molar-refractivity contribution in [3.05, 3.63) is 0 Å². The molecule has 0 atom stereocenters. The third kappa shape index (κ3) is 1.25. The van der Waals surface area contributed by atoms with E-state index in [9.17, 15) is 0 Å². The van der Waals surface area contributed by atoms with Crippen LogP contribution in [0.25, 0.3) is 0 Å². The SMILES string of the molecule is N#CC1(CC2CC2)CC(N)C1. The molecule has 60 valence electrons. The van der Waals surface area contributed by atoms with E-state index in [-0.39, 0.29) is 5.41 Å². The Bertz CT molecular complexity index is 194. The Kier molecular flexibility index (Phi) is 1.43. The van der Waals surface area contributed by atoms with Crippen LogP contribution < -0.4 is 5.73 Å². The summed E-state index contributed by atoms with van der Waals surface area (Å²) in [7, 11) is 0. The average molecular weight is 150 g/mol. The molecule has 0 aromatic rings. The summed E-state index contributed by atoms with van der Waals surface area (Å²) in [4.78, 5) is 0. The van der Waals surface area contributed by atoms with E-state index in [4.69, 9.17) is 11.0 Å². The van der Waals surface area contributed by atoms with Gasteiger partial charge in [-0.3, -0.25) is 0 Å². The molecular weight excluding hydrogens is 136 g/mol. The van der Waals surface area contributed by atoms with Gasteiger partial charge in [0.15, 0.2) is 0 Å². The number of nitriles is 1. The lowest BCUT2D eigenvalue weighted by Crippen LogP contribution is -2.45. The second kappa shape index (κ2) is 2.22. The lowest BCUT2D eigenvalue weighted by atomic mass is 9.64. The Morgan fingerprint density at radius 3 is 2.45 bits per heavy atom. The monoisotopic (exact) mass is 150 g/mol. The molecule has 0 aromatic carbocycles. The van der Waals surface area contributed by atoms with Gasteiger partial charge < -0.3 is 5.73 Å². The molecule has 2 saturated carbocycles. The Hall–Kier alpha value is -0.550. The predicted molar refractivity (Wildman–Crippen MR) is 42.6 cm³/mol. The molecule has 0 heterocycles. The van der Waals surface area contributed by atoms with Gasteiger partial charge in [-0.25, -0.2) is 0 Å². The van der Waals surface area contributed by atoms with Gasteiger partial charge in [-0.1, -0.05) is 12.8 Å². The van der Waals surface area contributed by atoms with E-state index in [1.807, 2.05) is 0 Å². The van der Waals surface area contributed by atoms with Gasteiger partial charge in [0.05, 0.1) is 11.5 Å². The van der Waals surface area contributed by atoms with Crippen molar-refractivity contribution < 1.29 is 0 Å². The molecule has 2 fully saturated rings. The number of hydrogen-bond donors (Lipinski definition) is 1. The molecule has 2 nitrogen and oxygen atoms in total. The third-order valence-electron chi connectivity index (χ3n) is 2.92. The van der Waals surface area contributed by atoms with Crippen LogP contribution in [0.15, 0.2) is 0 Å². The summed E-state index contributed by atoms with van der Waals surface area (Å²) in [5.74, 6) is 0.863. The van der Waals surface area contributed by atoms with E-state index in [1.54, 1.807) is 0 Å². The smallest absolute Gasteiger partial charge is 0.0691 e. The van der Waals surface area contributed by atoms with Crippen LogP contribution in [0.5, 0.6) is 0 Å². The molecule has 0 aliphatic heterocycles. The first-order chi connectivity index (χ1) is 5.24. The highest BCUT2D eigenvalue weighted by Crippen LogP contribution is 2.49. The first-order valence-electron chi connectivity index (χ1n) is 4.41. The van der Waals surface area contributed by atoms with Gasteiger partial charge in [-0.15, -0.1) is 0 Å². The second-order valence-corrected chi connectivity index (χ2v) is 4.21. The molecule has 0 aromatic heterocycles. The van der Waals surface area contributed by atoms with E-state index in [1.165, 1.54) is 12.8 Å². The maximum Gasteiger partial charge on any atom is 0.0691 e. The van der Waals surface area contributed by atoms with Crippen LogP contribution in [-0.4, -0.2) is 6.04 Å². The summed E-state index contributed by atoms with van der Waals surface area (Å²) in [6, 6.07) is 2.75. The van der Waals surface area contributed by atoms with Crippen molar-refractivity contribution in [2.75, 3.05) is 0 Å². The third-order valence-corrected chi connectivity index (χ3v) is 2.92. The first kappa shape index (κ1) is 7.12. The summed E-state index contributed by atoms with van der Waals surface area (Å²) in [5, 5.41) is 8.93. The quantitative estimate of drug-likeness (QED) is 0.647. The molecule has 0 radical (unpaired) electrons. The number of hydrogen-bond acceptors (Lipinski definition) is 2. The van der Waals surface area contributed by atoms with Gasteiger partial charge in [0.25, 0.3) is 0 Å².